The van der Waals surface area contributed by atoms with Gasteiger partial charge in [0.05, 0.1) is 0 Å². The maximum absolute atomic E-state index is 4.89. The molecule has 0 unspecified atom stereocenters. The summed E-state index contributed by atoms with van der Waals surface area (Å²) in [7, 11) is 0. The molecule has 27 heavy (non-hydrogen) atoms. The Morgan fingerprint density at radius 2 is 1.67 bits per heavy atom. The number of para-hydroxylation sites is 1. The summed E-state index contributed by atoms with van der Waals surface area (Å²) in [5.74, 6) is 1.10. The van der Waals surface area contributed by atoms with E-state index < -0.39 is 0 Å². The Morgan fingerprint density at radius 1 is 0.963 bits per heavy atom. The van der Waals surface area contributed by atoms with E-state index in [0.717, 1.165) is 45.2 Å². The quantitative estimate of drug-likeness (QED) is 0.278. The highest BCUT2D eigenvalue weighted by molar-refractivity contribution is 14.0. The minimum absolute atomic E-state index is 0. The molecule has 1 aromatic carbocycles. The van der Waals surface area contributed by atoms with Gasteiger partial charge in [0.15, 0.2) is 5.96 Å². The third kappa shape index (κ3) is 7.14. The molecule has 2 aliphatic heterocycles. The van der Waals surface area contributed by atoms with Gasteiger partial charge in [-0.15, -0.1) is 24.0 Å². The summed E-state index contributed by atoms with van der Waals surface area (Å²) in [5.41, 5.74) is 1.33. The van der Waals surface area contributed by atoms with E-state index in [1.54, 1.807) is 0 Å². The summed E-state index contributed by atoms with van der Waals surface area (Å²) in [5, 5.41) is 3.49. The molecule has 2 heterocycles. The maximum atomic E-state index is 4.89. The van der Waals surface area contributed by atoms with Crippen LogP contribution in [0.25, 0.3) is 0 Å². The number of guanidine groups is 1. The second-order valence-electron chi connectivity index (χ2n) is 7.30. The Labute approximate surface area is 182 Å². The molecule has 0 atom stereocenters. The van der Waals surface area contributed by atoms with Crippen molar-refractivity contribution in [2.24, 2.45) is 4.99 Å². The van der Waals surface area contributed by atoms with E-state index in [2.05, 4.69) is 57.3 Å². The van der Waals surface area contributed by atoms with Gasteiger partial charge in [0.25, 0.3) is 0 Å². The van der Waals surface area contributed by atoms with Crippen LogP contribution >= 0.6 is 24.0 Å². The van der Waals surface area contributed by atoms with E-state index in [9.17, 15) is 0 Å². The van der Waals surface area contributed by atoms with Gasteiger partial charge in [-0.1, -0.05) is 18.2 Å². The van der Waals surface area contributed by atoms with Gasteiger partial charge in [0, 0.05) is 45.0 Å². The molecule has 2 fully saturated rings. The predicted octanol–water partition coefficient (Wildman–Crippen LogP) is 3.27. The number of nitrogens with zero attached hydrogens (tertiary/aromatic N) is 4. The fraction of sp³-hybridized carbons (Fsp3) is 0.667. The second-order valence-corrected chi connectivity index (χ2v) is 7.30. The monoisotopic (exact) mass is 485 g/mol. The van der Waals surface area contributed by atoms with E-state index in [0.29, 0.717) is 0 Å². The van der Waals surface area contributed by atoms with Crippen LogP contribution in [0.2, 0.25) is 0 Å². The molecular weight excluding hydrogens is 449 g/mol. The molecule has 0 aliphatic carbocycles. The van der Waals surface area contributed by atoms with E-state index >= 15 is 0 Å². The zero-order chi connectivity index (χ0) is 18.0. The fourth-order valence-electron chi connectivity index (χ4n) is 3.88. The van der Waals surface area contributed by atoms with Crippen molar-refractivity contribution in [2.45, 2.75) is 32.6 Å². The van der Waals surface area contributed by atoms with Crippen LogP contribution in [0.4, 0.5) is 5.69 Å². The molecule has 0 radical (unpaired) electrons. The lowest BCUT2D eigenvalue weighted by Gasteiger charge is -2.37. The summed E-state index contributed by atoms with van der Waals surface area (Å²) in [6, 6.07) is 10.7. The van der Waals surface area contributed by atoms with Crippen molar-refractivity contribution in [1.29, 1.82) is 0 Å². The van der Waals surface area contributed by atoms with Crippen LogP contribution < -0.4 is 10.2 Å². The number of rotatable bonds is 7. The first-order valence-electron chi connectivity index (χ1n) is 10.4. The van der Waals surface area contributed by atoms with Gasteiger partial charge in [-0.3, -0.25) is 4.99 Å². The number of halogens is 1. The molecule has 1 N–H and O–H groups in total. The zero-order valence-corrected chi connectivity index (χ0v) is 19.1. The number of likely N-dealkylation sites (tertiary alicyclic amines) is 1. The molecule has 2 saturated heterocycles. The minimum Gasteiger partial charge on any atom is -0.368 e. The van der Waals surface area contributed by atoms with Crippen molar-refractivity contribution >= 4 is 35.6 Å². The van der Waals surface area contributed by atoms with Crippen LogP contribution in [0.15, 0.2) is 35.3 Å². The third-order valence-corrected chi connectivity index (χ3v) is 5.38. The highest BCUT2D eigenvalue weighted by atomic mass is 127. The molecule has 0 amide bonds. The SMILES string of the molecule is CCNC(=NCCCCN1CCCC1)N1CCN(c2ccccc2)CC1.I. The lowest BCUT2D eigenvalue weighted by Crippen LogP contribution is -2.52. The zero-order valence-electron chi connectivity index (χ0n) is 16.8. The first-order chi connectivity index (χ1) is 12.9. The van der Waals surface area contributed by atoms with Crippen LogP contribution in [0, 0.1) is 0 Å². The van der Waals surface area contributed by atoms with Gasteiger partial charge in [-0.25, -0.2) is 0 Å². The summed E-state index contributed by atoms with van der Waals surface area (Å²) in [4.78, 5) is 12.4. The highest BCUT2D eigenvalue weighted by Gasteiger charge is 2.19. The molecule has 0 aromatic heterocycles. The second kappa shape index (κ2) is 12.4. The fourth-order valence-corrected chi connectivity index (χ4v) is 3.88. The smallest absolute Gasteiger partial charge is 0.194 e. The van der Waals surface area contributed by atoms with Crippen LogP contribution in [0.1, 0.15) is 32.6 Å². The summed E-state index contributed by atoms with van der Waals surface area (Å²) >= 11 is 0. The minimum atomic E-state index is 0. The standard InChI is InChI=1S/C21H35N5.HI/c1-2-22-21(23-12-6-7-13-24-14-8-9-15-24)26-18-16-25(17-19-26)20-10-4-3-5-11-20;/h3-5,10-11H,2,6-9,12-19H2,1H3,(H,22,23);1H. The predicted molar refractivity (Wildman–Crippen MR) is 127 cm³/mol. The molecule has 0 bridgehead atoms. The Bertz CT molecular complexity index is 537. The van der Waals surface area contributed by atoms with Crippen LogP contribution in [0.3, 0.4) is 0 Å². The van der Waals surface area contributed by atoms with E-state index in [1.165, 1.54) is 51.0 Å². The Kier molecular flexibility index (Phi) is 10.3. The number of anilines is 1. The van der Waals surface area contributed by atoms with Crippen molar-refractivity contribution in [3.8, 4) is 0 Å². The van der Waals surface area contributed by atoms with Gasteiger partial charge in [-0.2, -0.15) is 0 Å². The first kappa shape index (κ1) is 22.3. The molecule has 2 aliphatic rings. The summed E-state index contributed by atoms with van der Waals surface area (Å²) in [6.45, 7) is 12.1. The van der Waals surface area contributed by atoms with Crippen molar-refractivity contribution in [1.82, 2.24) is 15.1 Å². The van der Waals surface area contributed by atoms with Gasteiger partial charge < -0.3 is 20.0 Å². The molecule has 152 valence electrons. The first-order valence-corrected chi connectivity index (χ1v) is 10.4. The molecule has 0 saturated carbocycles. The van der Waals surface area contributed by atoms with E-state index in [4.69, 9.17) is 4.99 Å². The maximum Gasteiger partial charge on any atom is 0.194 e. The molecule has 6 heteroatoms. The number of piperazine rings is 1. The average molecular weight is 485 g/mol. The average Bonchev–Trinajstić information content (AvgIpc) is 3.21. The number of unbranched alkanes of at least 4 members (excludes halogenated alkanes) is 1. The lowest BCUT2D eigenvalue weighted by atomic mass is 10.2. The van der Waals surface area contributed by atoms with Crippen molar-refractivity contribution in [2.75, 3.05) is 63.8 Å². The Balaban J connectivity index is 0.00000261. The number of aliphatic imine (C=N–C) groups is 1. The van der Waals surface area contributed by atoms with Gasteiger partial charge in [0.2, 0.25) is 0 Å². The van der Waals surface area contributed by atoms with Gasteiger partial charge >= 0.3 is 0 Å². The lowest BCUT2D eigenvalue weighted by molar-refractivity contribution is 0.330. The Morgan fingerprint density at radius 3 is 2.33 bits per heavy atom. The number of hydrogen-bond acceptors (Lipinski definition) is 3. The number of hydrogen-bond donors (Lipinski definition) is 1. The molecule has 1 aromatic rings. The van der Waals surface area contributed by atoms with E-state index in [-0.39, 0.29) is 24.0 Å². The highest BCUT2D eigenvalue weighted by Crippen LogP contribution is 2.15. The number of nitrogens with one attached hydrogen (secondary N) is 1. The largest absolute Gasteiger partial charge is 0.368 e. The van der Waals surface area contributed by atoms with Crippen LogP contribution in [0.5, 0.6) is 0 Å². The number of benzene rings is 1. The normalized spacial score (nSPS) is 18.5. The topological polar surface area (TPSA) is 34.1 Å². The van der Waals surface area contributed by atoms with Gasteiger partial charge in [0.1, 0.15) is 0 Å². The van der Waals surface area contributed by atoms with E-state index in [1.807, 2.05) is 0 Å². The van der Waals surface area contributed by atoms with Crippen molar-refractivity contribution in [3.63, 3.8) is 0 Å². The van der Waals surface area contributed by atoms with Crippen molar-refractivity contribution in [3.05, 3.63) is 30.3 Å². The third-order valence-electron chi connectivity index (χ3n) is 5.38. The summed E-state index contributed by atoms with van der Waals surface area (Å²) < 4.78 is 0. The van der Waals surface area contributed by atoms with Crippen LogP contribution in [-0.4, -0.2) is 74.7 Å². The van der Waals surface area contributed by atoms with Crippen LogP contribution in [-0.2, 0) is 0 Å². The van der Waals surface area contributed by atoms with Crippen molar-refractivity contribution < 1.29 is 0 Å². The molecular formula is C21H36IN5. The molecule has 0 spiro atoms. The Hall–Kier alpha value is -1.02. The van der Waals surface area contributed by atoms with Gasteiger partial charge in [-0.05, 0) is 64.4 Å². The molecule has 5 nitrogen and oxygen atoms in total. The molecule has 3 rings (SSSR count). The summed E-state index contributed by atoms with van der Waals surface area (Å²) in [6.07, 6.45) is 5.23.